The zero-order valence-electron chi connectivity index (χ0n) is 15.9. The van der Waals surface area contributed by atoms with Crippen LogP contribution in [0.1, 0.15) is 16.1 Å². The van der Waals surface area contributed by atoms with E-state index in [0.717, 1.165) is 22.5 Å². The molecule has 0 aliphatic carbocycles. The van der Waals surface area contributed by atoms with Crippen molar-refractivity contribution in [2.45, 2.75) is 6.54 Å². The number of amides is 1. The molecule has 0 aliphatic heterocycles. The summed E-state index contributed by atoms with van der Waals surface area (Å²) in [7, 11) is 0. The Morgan fingerprint density at radius 1 is 0.933 bits per heavy atom. The predicted molar refractivity (Wildman–Crippen MR) is 121 cm³/mol. The highest BCUT2D eigenvalue weighted by molar-refractivity contribution is 6.00. The Kier molecular flexibility index (Phi) is 6.20. The van der Waals surface area contributed by atoms with Crippen LogP contribution in [0, 0.1) is 0 Å². The first-order valence-corrected chi connectivity index (χ1v) is 9.08. The number of halogens is 1. The van der Waals surface area contributed by atoms with Gasteiger partial charge in [0.2, 0.25) is 5.91 Å². The Balaban J connectivity index is 0.00000256. The lowest BCUT2D eigenvalue weighted by molar-refractivity contribution is 0.100. The number of hydrogen-bond acceptors (Lipinski definition) is 5. The van der Waals surface area contributed by atoms with Gasteiger partial charge in [0.1, 0.15) is 11.3 Å². The lowest BCUT2D eigenvalue weighted by Gasteiger charge is -2.11. The zero-order chi connectivity index (χ0) is 20.4. The molecule has 4 aromatic rings. The first-order valence-electron chi connectivity index (χ1n) is 9.08. The fraction of sp³-hybridized carbons (Fsp3) is 0.0435. The average molecular weight is 422 g/mol. The van der Waals surface area contributed by atoms with Crippen molar-refractivity contribution in [1.29, 1.82) is 0 Å². The lowest BCUT2D eigenvalue weighted by atomic mass is 9.99. The number of anilines is 2. The van der Waals surface area contributed by atoms with Gasteiger partial charge in [0.15, 0.2) is 5.43 Å². The Labute approximate surface area is 178 Å². The maximum atomic E-state index is 12.1. The van der Waals surface area contributed by atoms with Gasteiger partial charge in [-0.3, -0.25) is 9.59 Å². The molecule has 0 saturated heterocycles. The minimum Gasteiger partial charge on any atom is -0.459 e. The number of benzene rings is 3. The summed E-state index contributed by atoms with van der Waals surface area (Å²) in [5.74, 6) is -0.0380. The van der Waals surface area contributed by atoms with E-state index >= 15 is 0 Å². The molecule has 6 nitrogen and oxygen atoms in total. The smallest absolute Gasteiger partial charge is 0.249 e. The summed E-state index contributed by atoms with van der Waals surface area (Å²) >= 11 is 0. The molecule has 0 fully saturated rings. The number of nitrogens with two attached hydrogens (primary N) is 2. The molecule has 1 aromatic heterocycles. The van der Waals surface area contributed by atoms with E-state index in [-0.39, 0.29) is 24.4 Å². The van der Waals surface area contributed by atoms with Crippen molar-refractivity contribution in [3.63, 3.8) is 0 Å². The number of nitrogens with one attached hydrogen (secondary N) is 1. The maximum absolute atomic E-state index is 12.1. The average Bonchev–Trinajstić information content (AvgIpc) is 2.73. The third-order valence-electron chi connectivity index (χ3n) is 4.64. The van der Waals surface area contributed by atoms with Crippen LogP contribution in [0.3, 0.4) is 0 Å². The van der Waals surface area contributed by atoms with Crippen molar-refractivity contribution in [3.05, 3.63) is 94.3 Å². The van der Waals surface area contributed by atoms with Crippen molar-refractivity contribution in [1.82, 2.24) is 0 Å². The van der Waals surface area contributed by atoms with Gasteiger partial charge in [-0.1, -0.05) is 30.3 Å². The Morgan fingerprint density at radius 3 is 2.47 bits per heavy atom. The number of hydrogen-bond donors (Lipinski definition) is 3. The topological polar surface area (TPSA) is 111 Å². The Morgan fingerprint density at radius 2 is 1.70 bits per heavy atom. The molecule has 1 heterocycles. The van der Waals surface area contributed by atoms with Crippen LogP contribution in [0.2, 0.25) is 0 Å². The molecule has 0 spiro atoms. The number of carbonyl (C=O) groups excluding carboxylic acids is 1. The molecule has 7 heteroatoms. The standard InChI is InChI=1S/C23H19N3O3.ClH/c24-13-17-12-21(27)20-9-8-16(11-22(20)29-17)26-15-5-3-4-14(10-15)18-6-1-2-7-19(18)23(25)28;/h1-12,26H,13,24H2,(H2,25,28);1H. The summed E-state index contributed by atoms with van der Waals surface area (Å²) in [6, 6.07) is 21.6. The van der Waals surface area contributed by atoms with E-state index in [1.807, 2.05) is 42.5 Å². The van der Waals surface area contributed by atoms with Crippen LogP contribution in [-0.2, 0) is 6.54 Å². The first kappa shape index (κ1) is 21.1. The summed E-state index contributed by atoms with van der Waals surface area (Å²) < 4.78 is 5.69. The van der Waals surface area contributed by atoms with Gasteiger partial charge in [-0.2, -0.15) is 0 Å². The van der Waals surface area contributed by atoms with Gasteiger partial charge in [0.05, 0.1) is 11.9 Å². The summed E-state index contributed by atoms with van der Waals surface area (Å²) in [5.41, 5.74) is 15.1. The molecular weight excluding hydrogens is 402 g/mol. The number of rotatable bonds is 5. The van der Waals surface area contributed by atoms with Gasteiger partial charge >= 0.3 is 0 Å². The molecular formula is C23H20ClN3O3. The summed E-state index contributed by atoms with van der Waals surface area (Å²) in [6.07, 6.45) is 0. The molecule has 0 unspecified atom stereocenters. The van der Waals surface area contributed by atoms with E-state index in [1.165, 1.54) is 6.07 Å². The minimum atomic E-state index is -0.473. The molecule has 0 aliphatic rings. The van der Waals surface area contributed by atoms with Crippen LogP contribution >= 0.6 is 12.4 Å². The molecule has 1 amide bonds. The van der Waals surface area contributed by atoms with E-state index in [4.69, 9.17) is 15.9 Å². The van der Waals surface area contributed by atoms with Crippen LogP contribution < -0.4 is 22.2 Å². The molecule has 4 rings (SSSR count). The van der Waals surface area contributed by atoms with Crippen molar-refractivity contribution in [2.75, 3.05) is 5.32 Å². The summed E-state index contributed by atoms with van der Waals surface area (Å²) in [4.78, 5) is 23.9. The molecule has 5 N–H and O–H groups in total. The van der Waals surface area contributed by atoms with Gasteiger partial charge in [-0.05, 0) is 41.5 Å². The normalized spacial score (nSPS) is 10.4. The van der Waals surface area contributed by atoms with E-state index in [1.54, 1.807) is 24.3 Å². The van der Waals surface area contributed by atoms with Gasteiger partial charge in [0, 0.05) is 29.1 Å². The minimum absolute atomic E-state index is 0. The second-order valence-corrected chi connectivity index (χ2v) is 6.61. The Bertz CT molecular complexity index is 1280. The fourth-order valence-electron chi connectivity index (χ4n) is 3.26. The molecule has 0 radical (unpaired) electrons. The van der Waals surface area contributed by atoms with E-state index in [0.29, 0.717) is 22.3 Å². The van der Waals surface area contributed by atoms with Gasteiger partial charge < -0.3 is 21.2 Å². The summed E-state index contributed by atoms with van der Waals surface area (Å²) in [5, 5.41) is 3.80. The second-order valence-electron chi connectivity index (χ2n) is 6.61. The monoisotopic (exact) mass is 421 g/mol. The van der Waals surface area contributed by atoms with Crippen LogP contribution in [-0.4, -0.2) is 5.91 Å². The SMILES string of the molecule is Cl.NCc1cc(=O)c2ccc(Nc3cccc(-c4ccccc4C(N)=O)c3)cc2o1. The van der Waals surface area contributed by atoms with Crippen molar-refractivity contribution >= 4 is 40.7 Å². The molecule has 3 aromatic carbocycles. The quantitative estimate of drug-likeness (QED) is 0.447. The van der Waals surface area contributed by atoms with Gasteiger partial charge in [-0.15, -0.1) is 12.4 Å². The van der Waals surface area contributed by atoms with Crippen LogP contribution in [0.5, 0.6) is 0 Å². The highest BCUT2D eigenvalue weighted by atomic mass is 35.5. The predicted octanol–water partition coefficient (Wildman–Crippen LogP) is 4.18. The molecule has 0 bridgehead atoms. The van der Waals surface area contributed by atoms with Crippen LogP contribution in [0.4, 0.5) is 11.4 Å². The third kappa shape index (κ3) is 4.20. The van der Waals surface area contributed by atoms with Crippen molar-refractivity contribution < 1.29 is 9.21 Å². The van der Waals surface area contributed by atoms with E-state index in [2.05, 4.69) is 5.32 Å². The van der Waals surface area contributed by atoms with Crippen LogP contribution in [0.15, 0.2) is 82.0 Å². The van der Waals surface area contributed by atoms with Gasteiger partial charge in [0.25, 0.3) is 0 Å². The zero-order valence-corrected chi connectivity index (χ0v) is 16.7. The highest BCUT2D eigenvalue weighted by Gasteiger charge is 2.10. The highest BCUT2D eigenvalue weighted by Crippen LogP contribution is 2.28. The number of carbonyl (C=O) groups is 1. The summed E-state index contributed by atoms with van der Waals surface area (Å²) in [6.45, 7) is 0.157. The van der Waals surface area contributed by atoms with E-state index in [9.17, 15) is 9.59 Å². The van der Waals surface area contributed by atoms with Crippen molar-refractivity contribution in [2.24, 2.45) is 11.5 Å². The maximum Gasteiger partial charge on any atom is 0.249 e. The first-order chi connectivity index (χ1) is 14.0. The Hall–Kier alpha value is -3.61. The second kappa shape index (κ2) is 8.82. The third-order valence-corrected chi connectivity index (χ3v) is 4.64. The van der Waals surface area contributed by atoms with Crippen LogP contribution in [0.25, 0.3) is 22.1 Å². The number of primary amides is 1. The molecule has 30 heavy (non-hydrogen) atoms. The van der Waals surface area contributed by atoms with Crippen molar-refractivity contribution in [3.8, 4) is 11.1 Å². The largest absolute Gasteiger partial charge is 0.459 e. The fourth-order valence-corrected chi connectivity index (χ4v) is 3.26. The van der Waals surface area contributed by atoms with Gasteiger partial charge in [-0.25, -0.2) is 0 Å². The number of fused-ring (bicyclic) bond motifs is 1. The lowest BCUT2D eigenvalue weighted by Crippen LogP contribution is -2.12. The molecule has 152 valence electrons. The van der Waals surface area contributed by atoms with E-state index < -0.39 is 5.91 Å². The molecule has 0 atom stereocenters. The molecule has 0 saturated carbocycles.